The van der Waals surface area contributed by atoms with Crippen molar-refractivity contribution < 1.29 is 14.6 Å². The minimum absolute atomic E-state index is 0.0245. The summed E-state index contributed by atoms with van der Waals surface area (Å²) in [6.07, 6.45) is 3.09. The van der Waals surface area contributed by atoms with Gasteiger partial charge in [-0.2, -0.15) is 0 Å². The van der Waals surface area contributed by atoms with E-state index >= 15 is 0 Å². The van der Waals surface area contributed by atoms with Crippen LogP contribution in [0.25, 0.3) is 0 Å². The largest absolute Gasteiger partial charge is 0.485 e. The summed E-state index contributed by atoms with van der Waals surface area (Å²) >= 11 is 3.59. The van der Waals surface area contributed by atoms with Gasteiger partial charge >= 0.3 is 5.97 Å². The van der Waals surface area contributed by atoms with E-state index in [9.17, 15) is 9.90 Å². The number of fused-ring (bicyclic) bond motifs is 2. The van der Waals surface area contributed by atoms with Crippen LogP contribution in [-0.2, 0) is 16.6 Å². The van der Waals surface area contributed by atoms with Gasteiger partial charge in [-0.1, -0.05) is 40.2 Å². The molecule has 26 heavy (non-hydrogen) atoms. The van der Waals surface area contributed by atoms with Crippen LogP contribution in [0.15, 0.2) is 46.9 Å². The normalized spacial score (nSPS) is 20.7. The van der Waals surface area contributed by atoms with Gasteiger partial charge in [-0.25, -0.2) is 0 Å². The maximum atomic E-state index is 11.2. The van der Waals surface area contributed by atoms with Crippen LogP contribution in [-0.4, -0.2) is 24.2 Å². The molecule has 0 aromatic heterocycles. The Morgan fingerprint density at radius 2 is 2.00 bits per heavy atom. The Balaban J connectivity index is 1.68. The number of hydrogen-bond donors (Lipinski definition) is 2. The quantitative estimate of drug-likeness (QED) is 0.784. The Bertz CT molecular complexity index is 830. The average Bonchev–Trinajstić information content (AvgIpc) is 2.89. The molecule has 2 N–H and O–H groups in total. The molecule has 1 saturated heterocycles. The zero-order chi connectivity index (χ0) is 18.1. The lowest BCUT2D eigenvalue weighted by atomic mass is 9.74. The van der Waals surface area contributed by atoms with Crippen LogP contribution in [0, 0.1) is 0 Å². The highest BCUT2D eigenvalue weighted by Gasteiger charge is 2.45. The number of carboxylic acid groups (broad SMARTS) is 1. The second-order valence-electron chi connectivity index (χ2n) is 7.25. The van der Waals surface area contributed by atoms with Gasteiger partial charge in [0.05, 0.1) is 6.42 Å². The van der Waals surface area contributed by atoms with Gasteiger partial charge in [-0.05, 0) is 61.7 Å². The summed E-state index contributed by atoms with van der Waals surface area (Å²) in [6.45, 7) is 2.05. The molecule has 1 atom stereocenters. The third-order valence-electron chi connectivity index (χ3n) is 5.65. The Labute approximate surface area is 161 Å². The van der Waals surface area contributed by atoms with Crippen LogP contribution in [0.4, 0.5) is 0 Å². The van der Waals surface area contributed by atoms with E-state index < -0.39 is 5.97 Å². The van der Waals surface area contributed by atoms with Crippen LogP contribution >= 0.6 is 15.9 Å². The summed E-state index contributed by atoms with van der Waals surface area (Å²) in [5.41, 5.74) is 3.50. The van der Waals surface area contributed by atoms with Gasteiger partial charge in [0.2, 0.25) is 0 Å². The predicted molar refractivity (Wildman–Crippen MR) is 104 cm³/mol. The summed E-state index contributed by atoms with van der Waals surface area (Å²) in [5.74, 6) is -0.165. The van der Waals surface area contributed by atoms with E-state index in [1.165, 1.54) is 11.1 Å². The number of halogens is 1. The van der Waals surface area contributed by atoms with Crippen molar-refractivity contribution in [3.8, 4) is 5.75 Å². The lowest BCUT2D eigenvalue weighted by Crippen LogP contribution is -2.38. The molecular formula is C21H22BrNO3. The Morgan fingerprint density at radius 3 is 2.77 bits per heavy atom. The highest BCUT2D eigenvalue weighted by atomic mass is 79.9. The number of aliphatic carboxylic acids is 1. The fourth-order valence-electron chi connectivity index (χ4n) is 4.42. The molecule has 2 aromatic carbocycles. The molecule has 0 saturated carbocycles. The first-order valence-electron chi connectivity index (χ1n) is 9.04. The van der Waals surface area contributed by atoms with Crippen molar-refractivity contribution in [2.45, 2.75) is 37.2 Å². The molecule has 4 nitrogen and oxygen atoms in total. The number of piperidine rings is 1. The third-order valence-corrected chi connectivity index (χ3v) is 6.15. The molecule has 1 spiro atoms. The summed E-state index contributed by atoms with van der Waals surface area (Å²) in [5, 5.41) is 12.6. The van der Waals surface area contributed by atoms with Crippen LogP contribution < -0.4 is 10.1 Å². The maximum absolute atomic E-state index is 11.2. The highest BCUT2D eigenvalue weighted by Crippen LogP contribution is 2.52. The van der Waals surface area contributed by atoms with E-state index in [0.29, 0.717) is 5.75 Å². The van der Waals surface area contributed by atoms with Gasteiger partial charge < -0.3 is 15.2 Å². The van der Waals surface area contributed by atoms with Crippen LogP contribution in [0.1, 0.15) is 42.1 Å². The van der Waals surface area contributed by atoms with Crippen LogP contribution in [0.5, 0.6) is 5.75 Å². The lowest BCUT2D eigenvalue weighted by Gasteiger charge is -2.35. The summed E-state index contributed by atoms with van der Waals surface area (Å²) in [4.78, 5) is 11.2. The molecule has 1 heterocycles. The number of nitrogens with one attached hydrogen (secondary N) is 1. The SMILES string of the molecule is O=C(O)Cc1ccccc1O[C@H]1CC2(CCNCC2)c2ccc(Br)cc21. The number of ether oxygens (including phenoxy) is 1. The second kappa shape index (κ2) is 7.05. The molecule has 1 fully saturated rings. The van der Waals surface area contributed by atoms with Crippen molar-refractivity contribution >= 4 is 21.9 Å². The topological polar surface area (TPSA) is 58.6 Å². The van der Waals surface area contributed by atoms with Crippen molar-refractivity contribution in [1.29, 1.82) is 0 Å². The van der Waals surface area contributed by atoms with Crippen molar-refractivity contribution in [3.63, 3.8) is 0 Å². The third kappa shape index (κ3) is 3.26. The van der Waals surface area contributed by atoms with Gasteiger partial charge in [0, 0.05) is 15.5 Å². The van der Waals surface area contributed by atoms with Crippen molar-refractivity contribution in [3.05, 3.63) is 63.6 Å². The Kier molecular flexibility index (Phi) is 4.76. The molecule has 1 aliphatic carbocycles. The highest BCUT2D eigenvalue weighted by molar-refractivity contribution is 9.10. The van der Waals surface area contributed by atoms with Crippen molar-refractivity contribution in [2.75, 3.05) is 13.1 Å². The number of carbonyl (C=O) groups is 1. The molecular weight excluding hydrogens is 394 g/mol. The molecule has 0 radical (unpaired) electrons. The molecule has 4 rings (SSSR count). The number of hydrogen-bond acceptors (Lipinski definition) is 3. The monoisotopic (exact) mass is 415 g/mol. The van der Waals surface area contributed by atoms with E-state index in [2.05, 4.69) is 39.4 Å². The Morgan fingerprint density at radius 1 is 1.23 bits per heavy atom. The van der Waals surface area contributed by atoms with E-state index in [-0.39, 0.29) is 17.9 Å². The smallest absolute Gasteiger partial charge is 0.307 e. The number of carboxylic acids is 1. The number of benzene rings is 2. The zero-order valence-electron chi connectivity index (χ0n) is 14.5. The van der Waals surface area contributed by atoms with E-state index in [0.717, 1.165) is 42.4 Å². The van der Waals surface area contributed by atoms with Gasteiger partial charge in [0.1, 0.15) is 11.9 Å². The molecule has 5 heteroatoms. The van der Waals surface area contributed by atoms with Crippen LogP contribution in [0.2, 0.25) is 0 Å². The minimum atomic E-state index is -0.842. The molecule has 136 valence electrons. The summed E-state index contributed by atoms with van der Waals surface area (Å²) < 4.78 is 7.46. The van der Waals surface area contributed by atoms with Crippen molar-refractivity contribution in [2.24, 2.45) is 0 Å². The summed E-state index contributed by atoms with van der Waals surface area (Å²) in [6, 6.07) is 14.0. The van der Waals surface area contributed by atoms with Crippen molar-refractivity contribution in [1.82, 2.24) is 5.32 Å². The molecule has 1 aliphatic heterocycles. The van der Waals surface area contributed by atoms with E-state index in [1.54, 1.807) is 0 Å². The van der Waals surface area contributed by atoms with Gasteiger partial charge in [0.15, 0.2) is 0 Å². The Hall–Kier alpha value is -1.85. The van der Waals surface area contributed by atoms with Gasteiger partial charge in [-0.15, -0.1) is 0 Å². The number of rotatable bonds is 4. The van der Waals surface area contributed by atoms with E-state index in [1.807, 2.05) is 24.3 Å². The van der Waals surface area contributed by atoms with E-state index in [4.69, 9.17) is 4.74 Å². The fraction of sp³-hybridized carbons (Fsp3) is 0.381. The van der Waals surface area contributed by atoms with Gasteiger partial charge in [-0.3, -0.25) is 4.79 Å². The lowest BCUT2D eigenvalue weighted by molar-refractivity contribution is -0.136. The first kappa shape index (κ1) is 17.6. The molecule has 0 amide bonds. The fourth-order valence-corrected chi connectivity index (χ4v) is 4.80. The number of para-hydroxylation sites is 1. The predicted octanol–water partition coefficient (Wildman–Crippen LogP) is 4.22. The first-order valence-corrected chi connectivity index (χ1v) is 9.84. The standard InChI is InChI=1S/C21H22BrNO3/c22-15-5-6-17-16(12-15)19(13-21(17)7-9-23-10-8-21)26-18-4-2-1-3-14(18)11-20(24)25/h1-6,12,19,23H,7-11,13H2,(H,24,25)/t19-/m0/s1. The average molecular weight is 416 g/mol. The molecule has 2 aromatic rings. The molecule has 0 unspecified atom stereocenters. The van der Waals surface area contributed by atoms with Crippen LogP contribution in [0.3, 0.4) is 0 Å². The molecule has 0 bridgehead atoms. The summed E-state index contributed by atoms with van der Waals surface area (Å²) in [7, 11) is 0. The second-order valence-corrected chi connectivity index (χ2v) is 8.17. The molecule has 2 aliphatic rings. The zero-order valence-corrected chi connectivity index (χ0v) is 16.1. The first-order chi connectivity index (χ1) is 12.6. The minimum Gasteiger partial charge on any atom is -0.485 e. The maximum Gasteiger partial charge on any atom is 0.307 e. The van der Waals surface area contributed by atoms with Gasteiger partial charge in [0.25, 0.3) is 0 Å².